The lowest BCUT2D eigenvalue weighted by molar-refractivity contribution is -0.150. The van der Waals surface area contributed by atoms with E-state index in [9.17, 15) is 14.4 Å². The van der Waals surface area contributed by atoms with Gasteiger partial charge in [-0.2, -0.15) is 0 Å². The summed E-state index contributed by atoms with van der Waals surface area (Å²) in [5.74, 6) is -0.954. The highest BCUT2D eigenvalue weighted by molar-refractivity contribution is 7.80. The van der Waals surface area contributed by atoms with E-state index in [1.165, 1.54) is 0 Å². The average Bonchev–Trinajstić information content (AvgIpc) is 2.83. The standard InChI is InChI=1S/C17H12N2O3S.C2H6/c20-14-9-6-17(7-9,16(22)18-14)19-12-3-1-2-8-4-10(23)5-11(13(8)12)15(19)21;1-2/h1-5,9,23H,6-7H2,(H,18,20,22);1-2H3. The maximum Gasteiger partial charge on any atom is 0.260 e. The lowest BCUT2D eigenvalue weighted by Crippen LogP contribution is -2.74. The van der Waals surface area contributed by atoms with Crippen molar-refractivity contribution in [2.45, 2.75) is 37.1 Å². The third-order valence-electron chi connectivity index (χ3n) is 5.24. The molecule has 128 valence electrons. The number of hydrogen-bond donors (Lipinski definition) is 2. The summed E-state index contributed by atoms with van der Waals surface area (Å²) >= 11 is 4.37. The summed E-state index contributed by atoms with van der Waals surface area (Å²) in [5, 5.41) is 4.19. The van der Waals surface area contributed by atoms with Crippen LogP contribution in [-0.4, -0.2) is 23.3 Å². The predicted octanol–water partition coefficient (Wildman–Crippen LogP) is 2.92. The number of carbonyl (C=O) groups excluding carboxylic acids is 3. The van der Waals surface area contributed by atoms with Gasteiger partial charge in [0.1, 0.15) is 5.54 Å². The van der Waals surface area contributed by atoms with E-state index in [0.29, 0.717) is 23.3 Å². The molecule has 0 radical (unpaired) electrons. The van der Waals surface area contributed by atoms with Gasteiger partial charge in [0, 0.05) is 16.2 Å². The maximum absolute atomic E-state index is 13.0. The van der Waals surface area contributed by atoms with Crippen molar-refractivity contribution in [3.05, 3.63) is 35.9 Å². The Balaban J connectivity index is 0.000000758. The lowest BCUT2D eigenvalue weighted by atomic mass is 9.63. The van der Waals surface area contributed by atoms with Crippen LogP contribution < -0.4 is 10.2 Å². The summed E-state index contributed by atoms with van der Waals surface area (Å²) in [6, 6.07) is 9.33. The molecular weight excluding hydrogens is 336 g/mol. The Morgan fingerprint density at radius 3 is 2.56 bits per heavy atom. The van der Waals surface area contributed by atoms with Crippen molar-refractivity contribution < 1.29 is 14.4 Å². The van der Waals surface area contributed by atoms with Crippen molar-refractivity contribution in [3.8, 4) is 0 Å². The summed E-state index contributed by atoms with van der Waals surface area (Å²) in [5.41, 5.74) is 0.393. The van der Waals surface area contributed by atoms with Crippen LogP contribution in [0.1, 0.15) is 37.0 Å². The Hall–Kier alpha value is -2.34. The number of nitrogens with one attached hydrogen (secondary N) is 1. The molecule has 1 aliphatic carbocycles. The fraction of sp³-hybridized carbons (Fsp3) is 0.316. The normalized spacial score (nSPS) is 26.1. The molecule has 4 aliphatic rings. The van der Waals surface area contributed by atoms with Crippen LogP contribution in [0, 0.1) is 5.92 Å². The number of carbonyl (C=O) groups is 3. The molecule has 6 heteroatoms. The van der Waals surface area contributed by atoms with Gasteiger partial charge in [0.15, 0.2) is 0 Å². The van der Waals surface area contributed by atoms with Crippen molar-refractivity contribution in [1.82, 2.24) is 5.32 Å². The molecule has 0 aromatic heterocycles. The van der Waals surface area contributed by atoms with Gasteiger partial charge < -0.3 is 0 Å². The summed E-state index contributed by atoms with van der Waals surface area (Å²) in [7, 11) is 0. The number of hydrogen-bond acceptors (Lipinski definition) is 4. The zero-order valence-electron chi connectivity index (χ0n) is 14.0. The fourth-order valence-electron chi connectivity index (χ4n) is 4.14. The average molecular weight is 354 g/mol. The van der Waals surface area contributed by atoms with Crippen molar-refractivity contribution in [2.75, 3.05) is 4.90 Å². The largest absolute Gasteiger partial charge is 0.294 e. The minimum Gasteiger partial charge on any atom is -0.294 e. The van der Waals surface area contributed by atoms with Crippen LogP contribution in [0.4, 0.5) is 5.69 Å². The van der Waals surface area contributed by atoms with E-state index < -0.39 is 5.54 Å². The topological polar surface area (TPSA) is 66.5 Å². The number of anilines is 1. The zero-order valence-corrected chi connectivity index (χ0v) is 14.9. The molecule has 6 rings (SSSR count). The Bertz CT molecular complexity index is 947. The summed E-state index contributed by atoms with van der Waals surface area (Å²) in [4.78, 5) is 39.5. The number of fused-ring (bicyclic) bond motifs is 2. The van der Waals surface area contributed by atoms with Crippen molar-refractivity contribution in [3.63, 3.8) is 0 Å². The molecule has 1 saturated carbocycles. The first kappa shape index (κ1) is 16.1. The Morgan fingerprint density at radius 2 is 1.88 bits per heavy atom. The molecule has 3 aliphatic heterocycles. The van der Waals surface area contributed by atoms with Crippen molar-refractivity contribution >= 4 is 46.8 Å². The highest BCUT2D eigenvalue weighted by atomic mass is 32.1. The van der Waals surface area contributed by atoms with E-state index in [-0.39, 0.29) is 23.6 Å². The minimum absolute atomic E-state index is 0.177. The minimum atomic E-state index is -0.931. The van der Waals surface area contributed by atoms with E-state index in [0.717, 1.165) is 16.5 Å². The summed E-state index contributed by atoms with van der Waals surface area (Å²) in [6.07, 6.45) is 0.809. The van der Waals surface area contributed by atoms with Gasteiger partial charge in [-0.3, -0.25) is 24.6 Å². The molecule has 1 N–H and O–H groups in total. The van der Waals surface area contributed by atoms with Gasteiger partial charge in [0.05, 0.1) is 11.3 Å². The Morgan fingerprint density at radius 1 is 1.16 bits per heavy atom. The number of amides is 3. The number of thiol groups is 1. The molecule has 3 heterocycles. The summed E-state index contributed by atoms with van der Waals surface area (Å²) in [6.45, 7) is 4.00. The van der Waals surface area contributed by atoms with Crippen LogP contribution in [0.3, 0.4) is 0 Å². The molecule has 3 fully saturated rings. The molecule has 0 atom stereocenters. The predicted molar refractivity (Wildman–Crippen MR) is 98.0 cm³/mol. The first-order chi connectivity index (χ1) is 12.0. The van der Waals surface area contributed by atoms with E-state index in [1.807, 2.05) is 38.1 Å². The second kappa shape index (κ2) is 5.33. The second-order valence-corrected chi connectivity index (χ2v) is 6.98. The number of rotatable bonds is 1. The van der Waals surface area contributed by atoms with E-state index in [1.54, 1.807) is 11.0 Å². The molecule has 3 amide bonds. The fourth-order valence-corrected chi connectivity index (χ4v) is 4.41. The highest BCUT2D eigenvalue weighted by Gasteiger charge is 2.63. The van der Waals surface area contributed by atoms with Gasteiger partial charge in [-0.05, 0) is 36.4 Å². The monoisotopic (exact) mass is 354 g/mol. The van der Waals surface area contributed by atoms with E-state index in [2.05, 4.69) is 17.9 Å². The quantitative estimate of drug-likeness (QED) is 0.611. The summed E-state index contributed by atoms with van der Waals surface area (Å²) < 4.78 is 0. The zero-order chi connectivity index (χ0) is 17.9. The maximum atomic E-state index is 13.0. The molecular formula is C19H18N2O3S. The van der Waals surface area contributed by atoms with Crippen molar-refractivity contribution in [2.24, 2.45) is 5.92 Å². The second-order valence-electron chi connectivity index (χ2n) is 6.46. The van der Waals surface area contributed by atoms with Gasteiger partial charge in [-0.1, -0.05) is 26.0 Å². The third kappa shape index (κ3) is 1.94. The van der Waals surface area contributed by atoms with Gasteiger partial charge in [-0.25, -0.2) is 0 Å². The molecule has 2 saturated heterocycles. The number of benzene rings is 2. The van der Waals surface area contributed by atoms with Crippen LogP contribution in [0.5, 0.6) is 0 Å². The van der Waals surface area contributed by atoms with Gasteiger partial charge >= 0.3 is 0 Å². The smallest absolute Gasteiger partial charge is 0.260 e. The van der Waals surface area contributed by atoms with Gasteiger partial charge in [0.2, 0.25) is 5.91 Å². The SMILES string of the molecule is CC.O=C1NC(=O)C2(N3C(=O)c4cc(S)cc5cccc3c45)CC1C2. The Labute approximate surface area is 150 Å². The Kier molecular flexibility index (Phi) is 3.44. The number of nitrogens with zero attached hydrogens (tertiary/aromatic N) is 1. The van der Waals surface area contributed by atoms with Crippen LogP contribution >= 0.6 is 12.6 Å². The van der Waals surface area contributed by atoms with Crippen LogP contribution in [0.2, 0.25) is 0 Å². The molecule has 0 spiro atoms. The van der Waals surface area contributed by atoms with Gasteiger partial charge in [-0.15, -0.1) is 12.6 Å². The highest BCUT2D eigenvalue weighted by Crippen LogP contribution is 2.52. The lowest BCUT2D eigenvalue weighted by Gasteiger charge is -2.54. The molecule has 2 aromatic rings. The van der Waals surface area contributed by atoms with Crippen LogP contribution in [0.25, 0.3) is 10.8 Å². The molecule has 5 nitrogen and oxygen atoms in total. The van der Waals surface area contributed by atoms with Gasteiger partial charge in [0.25, 0.3) is 11.8 Å². The van der Waals surface area contributed by atoms with Crippen LogP contribution in [-0.2, 0) is 9.59 Å². The molecule has 0 unspecified atom stereocenters. The van der Waals surface area contributed by atoms with Crippen molar-refractivity contribution in [1.29, 1.82) is 0 Å². The molecule has 2 bridgehead atoms. The number of imide groups is 1. The first-order valence-corrected chi connectivity index (χ1v) is 8.92. The number of piperidine rings is 2. The van der Waals surface area contributed by atoms with E-state index in [4.69, 9.17) is 0 Å². The molecule has 2 aromatic carbocycles. The van der Waals surface area contributed by atoms with Crippen LogP contribution in [0.15, 0.2) is 35.2 Å². The molecule has 25 heavy (non-hydrogen) atoms. The first-order valence-electron chi connectivity index (χ1n) is 8.47. The van der Waals surface area contributed by atoms with E-state index >= 15 is 0 Å². The third-order valence-corrected chi connectivity index (χ3v) is 5.50.